The number of fused-ring (bicyclic) bond motifs is 2. The third-order valence-electron chi connectivity index (χ3n) is 5.90. The molecule has 178 valence electrons. The van der Waals surface area contributed by atoms with Gasteiger partial charge in [0.15, 0.2) is 0 Å². The number of aliphatic hydroxyl groups excluding tert-OH is 1. The third-order valence-corrected chi connectivity index (χ3v) is 5.90. The molecule has 1 heterocycles. The molecule has 1 atom stereocenters. The molecule has 1 unspecified atom stereocenters. The van der Waals surface area contributed by atoms with Crippen LogP contribution in [0.3, 0.4) is 0 Å². The number of aliphatic hydroxyl groups is 1. The van der Waals surface area contributed by atoms with Crippen LogP contribution in [0.2, 0.25) is 0 Å². The van der Waals surface area contributed by atoms with E-state index in [0.717, 1.165) is 16.5 Å². The van der Waals surface area contributed by atoms with Crippen LogP contribution in [-0.4, -0.2) is 34.2 Å². The van der Waals surface area contributed by atoms with Crippen molar-refractivity contribution < 1.29 is 14.6 Å². The maximum atomic E-state index is 13.1. The molecule has 0 saturated heterocycles. The van der Waals surface area contributed by atoms with Gasteiger partial charge in [0.1, 0.15) is 5.75 Å². The average Bonchev–Trinajstić information content (AvgIpc) is 3.24. The van der Waals surface area contributed by atoms with Crippen molar-refractivity contribution in [1.82, 2.24) is 10.3 Å². The lowest BCUT2D eigenvalue weighted by Gasteiger charge is -2.29. The molecule has 0 fully saturated rings. The van der Waals surface area contributed by atoms with Gasteiger partial charge < -0.3 is 20.1 Å². The molecule has 0 spiro atoms. The summed E-state index contributed by atoms with van der Waals surface area (Å²) in [5, 5.41) is 14.1. The second-order valence-electron chi connectivity index (χ2n) is 9.28. The normalized spacial score (nSPS) is 12.8. The van der Waals surface area contributed by atoms with Gasteiger partial charge in [0.2, 0.25) is 0 Å². The number of para-hydroxylation sites is 2. The molecule has 3 N–H and O–H groups in total. The zero-order chi connectivity index (χ0) is 25.0. The van der Waals surface area contributed by atoms with Gasteiger partial charge in [-0.15, -0.1) is 6.42 Å². The summed E-state index contributed by atoms with van der Waals surface area (Å²) in [5.74, 6) is 2.62. The van der Waals surface area contributed by atoms with Crippen LogP contribution in [-0.2, 0) is 6.42 Å². The maximum absolute atomic E-state index is 13.1. The van der Waals surface area contributed by atoms with Crippen molar-refractivity contribution in [3.8, 4) is 29.2 Å². The van der Waals surface area contributed by atoms with E-state index in [4.69, 9.17) is 11.2 Å². The molecule has 1 aromatic heterocycles. The van der Waals surface area contributed by atoms with Crippen LogP contribution in [0.15, 0.2) is 72.9 Å². The van der Waals surface area contributed by atoms with E-state index in [9.17, 15) is 9.90 Å². The Balaban J connectivity index is 0.000000411. The first-order chi connectivity index (χ1) is 16.8. The maximum Gasteiger partial charge on any atom is 0.255 e. The number of nitrogens with one attached hydrogen (secondary N) is 2. The van der Waals surface area contributed by atoms with Gasteiger partial charge in [0.25, 0.3) is 5.91 Å². The van der Waals surface area contributed by atoms with Crippen LogP contribution in [0, 0.1) is 12.3 Å². The fourth-order valence-electron chi connectivity index (χ4n) is 4.05. The van der Waals surface area contributed by atoms with Crippen LogP contribution in [0.5, 0.6) is 5.75 Å². The lowest BCUT2D eigenvalue weighted by molar-refractivity contribution is 0.0846. The van der Waals surface area contributed by atoms with Crippen molar-refractivity contribution in [2.24, 2.45) is 0 Å². The number of amides is 1. The van der Waals surface area contributed by atoms with Crippen molar-refractivity contribution in [1.29, 1.82) is 0 Å². The van der Waals surface area contributed by atoms with E-state index in [2.05, 4.69) is 40.5 Å². The molecule has 2 aromatic carbocycles. The summed E-state index contributed by atoms with van der Waals surface area (Å²) in [5.41, 5.74) is 4.91. The molecule has 0 bridgehead atoms. The van der Waals surface area contributed by atoms with Crippen molar-refractivity contribution in [2.75, 3.05) is 6.61 Å². The summed E-state index contributed by atoms with van der Waals surface area (Å²) in [4.78, 5) is 16.3. The summed E-state index contributed by atoms with van der Waals surface area (Å²) in [6.07, 6.45) is 7.83. The number of aromatic nitrogens is 1. The lowest BCUT2D eigenvalue weighted by Crippen LogP contribution is -2.50. The number of aromatic amines is 1. The highest BCUT2D eigenvalue weighted by Crippen LogP contribution is 2.32. The Hall–Kier alpha value is -4.01. The average molecular weight is 467 g/mol. The number of hydrogen-bond donors (Lipinski definition) is 3. The molecule has 35 heavy (non-hydrogen) atoms. The third kappa shape index (κ3) is 5.56. The predicted octanol–water partition coefficient (Wildman–Crippen LogP) is 5.33. The molecule has 5 rings (SSSR count). The molecule has 2 aliphatic rings. The van der Waals surface area contributed by atoms with Gasteiger partial charge in [0, 0.05) is 17.1 Å². The predicted molar refractivity (Wildman–Crippen MR) is 141 cm³/mol. The number of carbonyl (C=O) groups excluding carboxylic acids is 1. The Morgan fingerprint density at radius 1 is 1.11 bits per heavy atom. The summed E-state index contributed by atoms with van der Waals surface area (Å²) < 4.78 is 5.83. The van der Waals surface area contributed by atoms with Gasteiger partial charge in [-0.25, -0.2) is 0 Å². The molecule has 0 radical (unpaired) electrons. The molecule has 2 aliphatic carbocycles. The fourth-order valence-corrected chi connectivity index (χ4v) is 4.05. The number of benzene rings is 3. The van der Waals surface area contributed by atoms with E-state index in [0.29, 0.717) is 23.3 Å². The molecule has 0 aliphatic heterocycles. The Morgan fingerprint density at radius 3 is 2.43 bits per heavy atom. The van der Waals surface area contributed by atoms with Gasteiger partial charge in [0.05, 0.1) is 29.4 Å². The molecule has 5 heteroatoms. The fraction of sp³-hybridized carbons (Fsp3) is 0.233. The minimum atomic E-state index is -0.858. The van der Waals surface area contributed by atoms with Gasteiger partial charge in [-0.1, -0.05) is 48.4 Å². The van der Waals surface area contributed by atoms with E-state index >= 15 is 0 Å². The van der Waals surface area contributed by atoms with Gasteiger partial charge in [-0.2, -0.15) is 0 Å². The quantitative estimate of drug-likeness (QED) is 0.284. The first kappa shape index (κ1) is 24.1. The molecule has 0 saturated carbocycles. The Kier molecular flexibility index (Phi) is 6.95. The summed E-state index contributed by atoms with van der Waals surface area (Å²) in [6, 6.07) is 21.6. The monoisotopic (exact) mass is 466 g/mol. The Labute approximate surface area is 206 Å². The number of carbonyl (C=O) groups is 1. The standard InChI is InChI=1S/C24H26N2O3.C6H4/c1-5-17-9-8-11-20(22(17)29-16(2)3)23(28)26-24(4,15-27)13-18-14-25-21-12-7-6-10-19(18)21;1-2-5-4-6(5)3-1/h1,6-12,14,16,25,27H,13,15H2,2-4H3,(H,26,28);1-4H. The zero-order valence-corrected chi connectivity index (χ0v) is 20.3. The summed E-state index contributed by atoms with van der Waals surface area (Å²) >= 11 is 0. The van der Waals surface area contributed by atoms with Crippen molar-refractivity contribution >= 4 is 16.8 Å². The largest absolute Gasteiger partial charge is 0.489 e. The highest BCUT2D eigenvalue weighted by atomic mass is 16.5. The number of H-pyrrole nitrogens is 1. The molecule has 1 amide bonds. The second-order valence-corrected chi connectivity index (χ2v) is 9.28. The molecular weight excluding hydrogens is 436 g/mol. The molecular formula is C30H30N2O3. The topological polar surface area (TPSA) is 74.4 Å². The minimum Gasteiger partial charge on any atom is -0.489 e. The highest BCUT2D eigenvalue weighted by Gasteiger charge is 2.29. The van der Waals surface area contributed by atoms with Crippen molar-refractivity contribution in [3.05, 3.63) is 89.6 Å². The van der Waals surface area contributed by atoms with E-state index < -0.39 is 5.54 Å². The van der Waals surface area contributed by atoms with Crippen LogP contribution in [0.25, 0.3) is 22.0 Å². The van der Waals surface area contributed by atoms with Gasteiger partial charge in [-0.3, -0.25) is 4.79 Å². The first-order valence-electron chi connectivity index (χ1n) is 11.7. The zero-order valence-electron chi connectivity index (χ0n) is 20.3. The lowest BCUT2D eigenvalue weighted by atomic mass is 9.92. The SMILES string of the molecule is C#Cc1cccc(C(=O)NC(C)(CO)Cc2c[nH]c3ccccc23)c1OC(C)C.c1cc2cc-2c1. The number of terminal acetylenes is 1. The number of rotatable bonds is 7. The number of hydrogen-bond acceptors (Lipinski definition) is 3. The summed E-state index contributed by atoms with van der Waals surface area (Å²) in [7, 11) is 0. The minimum absolute atomic E-state index is 0.133. The van der Waals surface area contributed by atoms with Crippen molar-refractivity contribution in [2.45, 2.75) is 38.8 Å². The van der Waals surface area contributed by atoms with Crippen LogP contribution < -0.4 is 10.1 Å². The van der Waals surface area contributed by atoms with E-state index in [1.54, 1.807) is 18.2 Å². The Bertz CT molecular complexity index is 1380. The molecule has 3 aromatic rings. The van der Waals surface area contributed by atoms with Crippen LogP contribution >= 0.6 is 0 Å². The van der Waals surface area contributed by atoms with Gasteiger partial charge >= 0.3 is 0 Å². The van der Waals surface area contributed by atoms with Crippen molar-refractivity contribution in [3.63, 3.8) is 0 Å². The van der Waals surface area contributed by atoms with Crippen LogP contribution in [0.1, 0.15) is 42.3 Å². The first-order valence-corrected chi connectivity index (χ1v) is 11.7. The smallest absolute Gasteiger partial charge is 0.255 e. The van der Waals surface area contributed by atoms with E-state index in [-0.39, 0.29) is 18.6 Å². The molecule has 5 nitrogen and oxygen atoms in total. The second kappa shape index (κ2) is 10.1. The van der Waals surface area contributed by atoms with Crippen LogP contribution in [0.4, 0.5) is 0 Å². The number of ether oxygens (including phenoxy) is 1. The van der Waals surface area contributed by atoms with E-state index in [1.165, 1.54) is 11.1 Å². The highest BCUT2D eigenvalue weighted by molar-refractivity contribution is 5.98. The summed E-state index contributed by atoms with van der Waals surface area (Å²) in [6.45, 7) is 5.36. The van der Waals surface area contributed by atoms with E-state index in [1.807, 2.05) is 51.2 Å². The Morgan fingerprint density at radius 2 is 1.83 bits per heavy atom. The van der Waals surface area contributed by atoms with Gasteiger partial charge in [-0.05, 0) is 68.1 Å².